The van der Waals surface area contributed by atoms with Gasteiger partial charge in [0.15, 0.2) is 11.6 Å². The molecule has 0 saturated heterocycles. The Bertz CT molecular complexity index is 733. The molecule has 2 heterocycles. The third-order valence-corrected chi connectivity index (χ3v) is 3.17. The molecule has 1 N–H and O–H groups in total. The summed E-state index contributed by atoms with van der Waals surface area (Å²) in [6, 6.07) is 12.1. The minimum Gasteiger partial charge on any atom is -0.370 e. The van der Waals surface area contributed by atoms with Crippen LogP contribution in [-0.4, -0.2) is 26.1 Å². The monoisotopic (exact) mass is 279 g/mol. The summed E-state index contributed by atoms with van der Waals surface area (Å²) in [5.41, 5.74) is 1.95. The smallest absolute Gasteiger partial charge is 0.198 e. The highest BCUT2D eigenvalue weighted by Crippen LogP contribution is 2.23. The van der Waals surface area contributed by atoms with E-state index in [2.05, 4.69) is 20.3 Å². The van der Waals surface area contributed by atoms with Crippen LogP contribution < -0.4 is 5.32 Å². The molecule has 0 atom stereocenters. The van der Waals surface area contributed by atoms with Gasteiger partial charge in [-0.15, -0.1) is 0 Å². The van der Waals surface area contributed by atoms with Crippen LogP contribution in [0.5, 0.6) is 0 Å². The highest BCUT2D eigenvalue weighted by molar-refractivity contribution is 5.65. The number of hydrogen-bond acceptors (Lipinski definition) is 4. The van der Waals surface area contributed by atoms with E-state index in [1.165, 1.54) is 0 Å². The standard InChI is InChI=1S/C16H17N5/c1-3-17-14-11-13(12-7-5-4-6-8-12)19-15(20-14)16-18-9-10-21(16)2/h4-11H,3H2,1-2H3,(H,17,19,20). The Kier molecular flexibility index (Phi) is 3.64. The van der Waals surface area contributed by atoms with Gasteiger partial charge in [0.2, 0.25) is 0 Å². The van der Waals surface area contributed by atoms with Crippen molar-refractivity contribution < 1.29 is 0 Å². The summed E-state index contributed by atoms with van der Waals surface area (Å²) in [7, 11) is 1.94. The van der Waals surface area contributed by atoms with E-state index >= 15 is 0 Å². The fraction of sp³-hybridized carbons (Fsp3) is 0.188. The largest absolute Gasteiger partial charge is 0.370 e. The molecule has 21 heavy (non-hydrogen) atoms. The molecule has 0 aliphatic heterocycles. The second kappa shape index (κ2) is 5.75. The quantitative estimate of drug-likeness (QED) is 0.797. The number of nitrogens with one attached hydrogen (secondary N) is 1. The minimum absolute atomic E-state index is 0.625. The van der Waals surface area contributed by atoms with Gasteiger partial charge in [0, 0.05) is 37.6 Å². The molecule has 0 radical (unpaired) electrons. The number of aromatic nitrogens is 4. The molecular formula is C16H17N5. The second-order valence-corrected chi connectivity index (χ2v) is 4.72. The van der Waals surface area contributed by atoms with E-state index in [4.69, 9.17) is 0 Å². The molecular weight excluding hydrogens is 262 g/mol. The Balaban J connectivity index is 2.13. The lowest BCUT2D eigenvalue weighted by Gasteiger charge is -2.09. The lowest BCUT2D eigenvalue weighted by Crippen LogP contribution is -2.04. The molecule has 3 rings (SSSR count). The molecule has 106 valence electrons. The summed E-state index contributed by atoms with van der Waals surface area (Å²) >= 11 is 0. The SMILES string of the molecule is CCNc1cc(-c2ccccc2)nc(-c2nccn2C)n1. The first-order chi connectivity index (χ1) is 10.3. The Hall–Kier alpha value is -2.69. The lowest BCUT2D eigenvalue weighted by atomic mass is 10.1. The Morgan fingerprint density at radius 2 is 1.95 bits per heavy atom. The van der Waals surface area contributed by atoms with Crippen LogP contribution in [0.15, 0.2) is 48.8 Å². The summed E-state index contributed by atoms with van der Waals surface area (Å²) in [5, 5.41) is 3.25. The van der Waals surface area contributed by atoms with Gasteiger partial charge >= 0.3 is 0 Å². The zero-order chi connectivity index (χ0) is 14.7. The van der Waals surface area contributed by atoms with Crippen molar-refractivity contribution in [2.45, 2.75) is 6.92 Å². The number of anilines is 1. The predicted molar refractivity (Wildman–Crippen MR) is 83.8 cm³/mol. The van der Waals surface area contributed by atoms with Crippen LogP contribution in [0, 0.1) is 0 Å². The van der Waals surface area contributed by atoms with Crippen molar-refractivity contribution >= 4 is 5.82 Å². The molecule has 3 aromatic rings. The molecule has 0 fully saturated rings. The average molecular weight is 279 g/mol. The molecule has 0 unspecified atom stereocenters. The van der Waals surface area contributed by atoms with Crippen molar-refractivity contribution in [2.24, 2.45) is 7.05 Å². The van der Waals surface area contributed by atoms with Crippen LogP contribution in [0.25, 0.3) is 22.9 Å². The first-order valence-electron chi connectivity index (χ1n) is 6.94. The van der Waals surface area contributed by atoms with Crippen molar-refractivity contribution in [3.63, 3.8) is 0 Å². The van der Waals surface area contributed by atoms with E-state index < -0.39 is 0 Å². The molecule has 2 aromatic heterocycles. The van der Waals surface area contributed by atoms with Gasteiger partial charge in [-0.05, 0) is 6.92 Å². The van der Waals surface area contributed by atoms with Crippen LogP contribution in [0.1, 0.15) is 6.92 Å². The average Bonchev–Trinajstić information content (AvgIpc) is 2.94. The summed E-state index contributed by atoms with van der Waals surface area (Å²) in [6.45, 7) is 2.86. The topological polar surface area (TPSA) is 55.6 Å². The van der Waals surface area contributed by atoms with Gasteiger partial charge in [-0.2, -0.15) is 0 Å². The predicted octanol–water partition coefficient (Wildman–Crippen LogP) is 2.98. The number of aryl methyl sites for hydroxylation is 1. The molecule has 0 aliphatic rings. The number of imidazole rings is 1. The molecule has 1 aromatic carbocycles. The van der Waals surface area contributed by atoms with Gasteiger partial charge < -0.3 is 9.88 Å². The van der Waals surface area contributed by atoms with Gasteiger partial charge in [-0.3, -0.25) is 0 Å². The van der Waals surface area contributed by atoms with Crippen molar-refractivity contribution in [1.82, 2.24) is 19.5 Å². The summed E-state index contributed by atoms with van der Waals surface area (Å²) in [6.07, 6.45) is 3.64. The van der Waals surface area contributed by atoms with Crippen LogP contribution in [0.4, 0.5) is 5.82 Å². The maximum Gasteiger partial charge on any atom is 0.198 e. The lowest BCUT2D eigenvalue weighted by molar-refractivity contribution is 0.906. The normalized spacial score (nSPS) is 10.6. The van der Waals surface area contributed by atoms with E-state index in [9.17, 15) is 0 Å². The van der Waals surface area contributed by atoms with Crippen LogP contribution >= 0.6 is 0 Å². The van der Waals surface area contributed by atoms with E-state index in [1.807, 2.05) is 61.1 Å². The third-order valence-electron chi connectivity index (χ3n) is 3.17. The highest BCUT2D eigenvalue weighted by atomic mass is 15.1. The van der Waals surface area contributed by atoms with E-state index in [-0.39, 0.29) is 0 Å². The van der Waals surface area contributed by atoms with Crippen molar-refractivity contribution in [1.29, 1.82) is 0 Å². The molecule has 0 spiro atoms. The number of benzene rings is 1. The number of hydrogen-bond donors (Lipinski definition) is 1. The Labute approximate surface area is 123 Å². The van der Waals surface area contributed by atoms with Gasteiger partial charge in [0.25, 0.3) is 0 Å². The third kappa shape index (κ3) is 2.76. The van der Waals surface area contributed by atoms with E-state index in [0.717, 1.165) is 29.4 Å². The van der Waals surface area contributed by atoms with E-state index in [1.54, 1.807) is 6.20 Å². The number of nitrogens with zero attached hydrogens (tertiary/aromatic N) is 4. The maximum absolute atomic E-state index is 4.65. The van der Waals surface area contributed by atoms with Gasteiger partial charge in [-0.1, -0.05) is 30.3 Å². The molecule has 5 heteroatoms. The zero-order valence-corrected chi connectivity index (χ0v) is 12.1. The van der Waals surface area contributed by atoms with Crippen molar-refractivity contribution in [3.05, 3.63) is 48.8 Å². The molecule has 5 nitrogen and oxygen atoms in total. The van der Waals surface area contributed by atoms with Gasteiger partial charge in [0.1, 0.15) is 5.82 Å². The Morgan fingerprint density at radius 3 is 2.62 bits per heavy atom. The van der Waals surface area contributed by atoms with Gasteiger partial charge in [-0.25, -0.2) is 15.0 Å². The van der Waals surface area contributed by atoms with Gasteiger partial charge in [0.05, 0.1) is 5.69 Å². The molecule has 0 aliphatic carbocycles. The minimum atomic E-state index is 0.625. The fourth-order valence-electron chi connectivity index (χ4n) is 2.16. The van der Waals surface area contributed by atoms with Crippen LogP contribution in [0.2, 0.25) is 0 Å². The summed E-state index contributed by atoms with van der Waals surface area (Å²) in [5.74, 6) is 2.19. The second-order valence-electron chi connectivity index (χ2n) is 4.72. The highest BCUT2D eigenvalue weighted by Gasteiger charge is 2.11. The van der Waals surface area contributed by atoms with E-state index in [0.29, 0.717) is 5.82 Å². The van der Waals surface area contributed by atoms with Crippen molar-refractivity contribution in [2.75, 3.05) is 11.9 Å². The summed E-state index contributed by atoms with van der Waals surface area (Å²) < 4.78 is 1.92. The first-order valence-corrected chi connectivity index (χ1v) is 6.94. The summed E-state index contributed by atoms with van der Waals surface area (Å²) in [4.78, 5) is 13.5. The molecule has 0 amide bonds. The van der Waals surface area contributed by atoms with Crippen molar-refractivity contribution in [3.8, 4) is 22.9 Å². The Morgan fingerprint density at radius 1 is 1.14 bits per heavy atom. The molecule has 0 saturated carbocycles. The first kappa shape index (κ1) is 13.3. The van der Waals surface area contributed by atoms with Crippen LogP contribution in [-0.2, 0) is 7.05 Å². The molecule has 0 bridgehead atoms. The van der Waals surface area contributed by atoms with Crippen LogP contribution in [0.3, 0.4) is 0 Å². The zero-order valence-electron chi connectivity index (χ0n) is 12.1. The number of rotatable bonds is 4. The maximum atomic E-state index is 4.65. The fourth-order valence-corrected chi connectivity index (χ4v) is 2.16.